The first-order valence-electron chi connectivity index (χ1n) is 11.2. The lowest BCUT2D eigenvalue weighted by Crippen LogP contribution is -2.49. The molecule has 23 heavy (non-hydrogen) atoms. The third-order valence-electron chi connectivity index (χ3n) is 10.8. The van der Waals surface area contributed by atoms with Crippen molar-refractivity contribution in [3.05, 3.63) is 0 Å². The second-order valence-corrected chi connectivity index (χ2v) is 11.0. The Kier molecular flexibility index (Phi) is 2.83. The monoisotopic (exact) mass is 312 g/mol. The first-order valence-corrected chi connectivity index (χ1v) is 11.2. The smallest absolute Gasteiger partial charge is 0.0227 e. The summed E-state index contributed by atoms with van der Waals surface area (Å²) >= 11 is 0. The van der Waals surface area contributed by atoms with E-state index in [4.69, 9.17) is 0 Å². The van der Waals surface area contributed by atoms with Crippen molar-refractivity contribution in [3.8, 4) is 0 Å². The average molecular weight is 313 g/mol. The number of rotatable bonds is 1. The van der Waals surface area contributed by atoms with Crippen LogP contribution in [0.4, 0.5) is 0 Å². The first-order chi connectivity index (χ1) is 11.2. The molecule has 0 aromatic heterocycles. The van der Waals surface area contributed by atoms with Gasteiger partial charge in [-0.1, -0.05) is 26.2 Å². The van der Waals surface area contributed by atoms with Gasteiger partial charge in [0.05, 0.1) is 0 Å². The molecule has 0 heterocycles. The first kappa shape index (κ1) is 14.2. The Balaban J connectivity index is 1.43. The highest BCUT2D eigenvalue weighted by atomic mass is 14.8. The number of fused-ring (bicyclic) bond motifs is 6. The molecule has 0 heteroatoms. The van der Waals surface area contributed by atoms with Crippen LogP contribution >= 0.6 is 0 Å². The molecule has 0 saturated heterocycles. The van der Waals surface area contributed by atoms with E-state index < -0.39 is 0 Å². The Morgan fingerprint density at radius 2 is 1.39 bits per heavy atom. The summed E-state index contributed by atoms with van der Waals surface area (Å²) < 4.78 is 0. The zero-order chi connectivity index (χ0) is 15.2. The minimum absolute atomic E-state index is 0.765. The van der Waals surface area contributed by atoms with Gasteiger partial charge in [0, 0.05) is 0 Å². The molecule has 6 saturated carbocycles. The SMILES string of the molecule is CC1(C2CCC2)C2CCC2CCC2CCC2C2C1C21CCCC1. The standard InChI is InChI=1S/C23H36/c1-22(17-5-4-6-17)19-12-10-16(19)8-7-15-9-11-18(15)20-21(22)23(20)13-2-3-14-23/h15-21H,2-14H2,1H3. The van der Waals surface area contributed by atoms with E-state index in [0.29, 0.717) is 0 Å². The van der Waals surface area contributed by atoms with Crippen molar-refractivity contribution in [2.45, 2.75) is 90.4 Å². The van der Waals surface area contributed by atoms with Gasteiger partial charge in [0.1, 0.15) is 0 Å². The van der Waals surface area contributed by atoms with Crippen molar-refractivity contribution in [2.75, 3.05) is 0 Å². The molecule has 0 radical (unpaired) electrons. The highest BCUT2D eigenvalue weighted by molar-refractivity contribution is 5.24. The van der Waals surface area contributed by atoms with Crippen molar-refractivity contribution >= 4 is 0 Å². The van der Waals surface area contributed by atoms with Crippen molar-refractivity contribution in [2.24, 2.45) is 52.3 Å². The van der Waals surface area contributed by atoms with Crippen LogP contribution in [0, 0.1) is 52.3 Å². The summed E-state index contributed by atoms with van der Waals surface area (Å²) in [7, 11) is 0. The quantitative estimate of drug-likeness (QED) is 0.522. The van der Waals surface area contributed by atoms with Gasteiger partial charge in [-0.25, -0.2) is 0 Å². The van der Waals surface area contributed by atoms with E-state index in [9.17, 15) is 0 Å². The molecule has 6 fully saturated rings. The zero-order valence-electron chi connectivity index (χ0n) is 15.2. The van der Waals surface area contributed by atoms with Crippen LogP contribution in [-0.2, 0) is 0 Å². The lowest BCUT2D eigenvalue weighted by molar-refractivity contribution is -0.0735. The van der Waals surface area contributed by atoms with E-state index in [-0.39, 0.29) is 0 Å². The van der Waals surface area contributed by atoms with Crippen LogP contribution in [0.1, 0.15) is 90.4 Å². The predicted octanol–water partition coefficient (Wildman–Crippen LogP) is 6.45. The summed E-state index contributed by atoms with van der Waals surface area (Å²) in [6.45, 7) is 2.84. The lowest BCUT2D eigenvalue weighted by atomic mass is 9.48. The maximum Gasteiger partial charge on any atom is -0.0227 e. The Morgan fingerprint density at radius 3 is 1.96 bits per heavy atom. The molecule has 6 rings (SSSR count). The van der Waals surface area contributed by atoms with Crippen LogP contribution in [0.25, 0.3) is 0 Å². The van der Waals surface area contributed by atoms with Crippen LogP contribution in [0.15, 0.2) is 0 Å². The molecule has 0 aliphatic heterocycles. The van der Waals surface area contributed by atoms with Crippen molar-refractivity contribution in [3.63, 3.8) is 0 Å². The number of hydrogen-bond acceptors (Lipinski definition) is 0. The van der Waals surface area contributed by atoms with Crippen LogP contribution in [0.5, 0.6) is 0 Å². The van der Waals surface area contributed by atoms with Gasteiger partial charge < -0.3 is 0 Å². The third kappa shape index (κ3) is 1.61. The summed E-state index contributed by atoms with van der Waals surface area (Å²) in [5.74, 6) is 8.09. The summed E-state index contributed by atoms with van der Waals surface area (Å²) in [4.78, 5) is 0. The van der Waals surface area contributed by atoms with E-state index in [1.165, 1.54) is 17.8 Å². The van der Waals surface area contributed by atoms with E-state index in [2.05, 4.69) is 6.92 Å². The van der Waals surface area contributed by atoms with Crippen LogP contribution in [0.3, 0.4) is 0 Å². The molecule has 0 nitrogen and oxygen atoms in total. The Morgan fingerprint density at radius 1 is 0.696 bits per heavy atom. The maximum absolute atomic E-state index is 2.84. The van der Waals surface area contributed by atoms with E-state index in [1.54, 1.807) is 83.5 Å². The molecule has 0 bridgehead atoms. The second kappa shape index (κ2) is 4.59. The minimum Gasteiger partial charge on any atom is -0.0588 e. The fraction of sp³-hybridized carbons (Fsp3) is 1.00. The van der Waals surface area contributed by atoms with Crippen molar-refractivity contribution in [1.82, 2.24) is 0 Å². The molecule has 0 aromatic carbocycles. The van der Waals surface area contributed by atoms with Crippen molar-refractivity contribution in [1.29, 1.82) is 0 Å². The molecule has 1 spiro atoms. The molecular formula is C23H36. The van der Waals surface area contributed by atoms with Gasteiger partial charge in [-0.2, -0.15) is 0 Å². The molecule has 0 N–H and O–H groups in total. The molecule has 7 atom stereocenters. The summed E-state index contributed by atoms with van der Waals surface area (Å²) in [6, 6.07) is 0. The third-order valence-corrected chi connectivity index (χ3v) is 10.8. The summed E-state index contributed by atoms with van der Waals surface area (Å²) in [5, 5.41) is 0. The lowest BCUT2D eigenvalue weighted by Gasteiger charge is -2.56. The molecule has 6 aliphatic carbocycles. The number of hydrogen-bond donors (Lipinski definition) is 0. The van der Waals surface area contributed by atoms with Gasteiger partial charge in [-0.15, -0.1) is 0 Å². The molecule has 7 unspecified atom stereocenters. The second-order valence-electron chi connectivity index (χ2n) is 11.0. The largest absolute Gasteiger partial charge is 0.0588 e. The van der Waals surface area contributed by atoms with Gasteiger partial charge in [-0.3, -0.25) is 0 Å². The minimum atomic E-state index is 0.765. The summed E-state index contributed by atoms with van der Waals surface area (Å²) in [5.41, 5.74) is 1.63. The average Bonchev–Trinajstić information content (AvgIpc) is 2.76. The van der Waals surface area contributed by atoms with Gasteiger partial charge in [0.15, 0.2) is 0 Å². The Hall–Kier alpha value is 0. The Bertz CT molecular complexity index is 496. The normalized spacial score (nSPS) is 56.7. The molecule has 0 aromatic rings. The van der Waals surface area contributed by atoms with E-state index in [0.717, 1.165) is 34.5 Å². The van der Waals surface area contributed by atoms with Gasteiger partial charge in [-0.05, 0) is 116 Å². The van der Waals surface area contributed by atoms with E-state index >= 15 is 0 Å². The summed E-state index contributed by atoms with van der Waals surface area (Å²) in [6.07, 6.45) is 20.8. The van der Waals surface area contributed by atoms with E-state index in [1.807, 2.05) is 0 Å². The van der Waals surface area contributed by atoms with Crippen LogP contribution in [0.2, 0.25) is 0 Å². The highest BCUT2D eigenvalue weighted by Gasteiger charge is 2.76. The molecule has 6 aliphatic rings. The predicted molar refractivity (Wildman–Crippen MR) is 95.0 cm³/mol. The highest BCUT2D eigenvalue weighted by Crippen LogP contribution is 2.82. The maximum atomic E-state index is 2.84. The van der Waals surface area contributed by atoms with Gasteiger partial charge >= 0.3 is 0 Å². The van der Waals surface area contributed by atoms with Gasteiger partial charge in [0.2, 0.25) is 0 Å². The van der Waals surface area contributed by atoms with Crippen molar-refractivity contribution < 1.29 is 0 Å². The molecular weight excluding hydrogens is 276 g/mol. The Labute approximate surface area is 143 Å². The molecule has 128 valence electrons. The van der Waals surface area contributed by atoms with Crippen LogP contribution < -0.4 is 0 Å². The van der Waals surface area contributed by atoms with Gasteiger partial charge in [0.25, 0.3) is 0 Å². The zero-order valence-corrected chi connectivity index (χ0v) is 15.2. The fourth-order valence-electron chi connectivity index (χ4n) is 9.29. The fourth-order valence-corrected chi connectivity index (χ4v) is 9.29. The molecule has 0 amide bonds. The van der Waals surface area contributed by atoms with Crippen LogP contribution in [-0.4, -0.2) is 0 Å². The topological polar surface area (TPSA) is 0 Å².